The molecular formula is C21H27FN2O. The van der Waals surface area contributed by atoms with Crippen LogP contribution in [0.1, 0.15) is 43.5 Å². The van der Waals surface area contributed by atoms with Gasteiger partial charge >= 0.3 is 0 Å². The molecule has 2 N–H and O–H groups in total. The van der Waals surface area contributed by atoms with Gasteiger partial charge in [-0.2, -0.15) is 0 Å². The number of halogens is 1. The molecule has 1 atom stereocenters. The van der Waals surface area contributed by atoms with Gasteiger partial charge in [0.15, 0.2) is 0 Å². The van der Waals surface area contributed by atoms with Crippen LogP contribution in [-0.2, 0) is 11.2 Å². The molecule has 2 aromatic rings. The van der Waals surface area contributed by atoms with Crippen LogP contribution in [-0.4, -0.2) is 12.5 Å². The first-order valence-electron chi connectivity index (χ1n) is 8.79. The summed E-state index contributed by atoms with van der Waals surface area (Å²) in [6.45, 7) is 8.44. The van der Waals surface area contributed by atoms with Crippen molar-refractivity contribution in [3.63, 3.8) is 0 Å². The maximum Gasteiger partial charge on any atom is 0.238 e. The van der Waals surface area contributed by atoms with Gasteiger partial charge in [0.05, 0.1) is 6.54 Å². The van der Waals surface area contributed by atoms with Gasteiger partial charge in [0.2, 0.25) is 5.91 Å². The number of anilines is 1. The Balaban J connectivity index is 2.03. The van der Waals surface area contributed by atoms with Gasteiger partial charge in [-0.1, -0.05) is 51.1 Å². The second-order valence-electron chi connectivity index (χ2n) is 6.66. The van der Waals surface area contributed by atoms with Crippen LogP contribution in [0.4, 0.5) is 10.1 Å². The Morgan fingerprint density at radius 2 is 1.80 bits per heavy atom. The molecule has 0 aromatic heterocycles. The number of rotatable bonds is 7. The van der Waals surface area contributed by atoms with Gasteiger partial charge in [-0.3, -0.25) is 4.79 Å². The molecule has 0 spiro atoms. The molecule has 0 bridgehead atoms. The van der Waals surface area contributed by atoms with Gasteiger partial charge in [-0.05, 0) is 48.1 Å². The van der Waals surface area contributed by atoms with Crippen molar-refractivity contribution in [1.82, 2.24) is 5.32 Å². The topological polar surface area (TPSA) is 41.1 Å². The third-order valence-corrected chi connectivity index (χ3v) is 4.38. The molecule has 0 fully saturated rings. The molecule has 25 heavy (non-hydrogen) atoms. The Bertz CT molecular complexity index is 710. The maximum atomic E-state index is 13.1. The molecule has 0 saturated heterocycles. The fourth-order valence-corrected chi connectivity index (χ4v) is 3.00. The van der Waals surface area contributed by atoms with Crippen molar-refractivity contribution in [2.75, 3.05) is 11.9 Å². The molecule has 0 aliphatic rings. The normalized spacial score (nSPS) is 12.2. The average Bonchev–Trinajstić information content (AvgIpc) is 2.58. The van der Waals surface area contributed by atoms with Crippen LogP contribution in [0.3, 0.4) is 0 Å². The minimum absolute atomic E-state index is 0.00568. The lowest BCUT2D eigenvalue weighted by Gasteiger charge is -2.23. The molecule has 2 aromatic carbocycles. The molecule has 0 aliphatic heterocycles. The third-order valence-electron chi connectivity index (χ3n) is 4.38. The number of hydrogen-bond acceptors (Lipinski definition) is 2. The van der Waals surface area contributed by atoms with E-state index in [0.717, 1.165) is 28.8 Å². The van der Waals surface area contributed by atoms with Crippen molar-refractivity contribution in [2.24, 2.45) is 5.92 Å². The lowest BCUT2D eigenvalue weighted by atomic mass is 9.96. The molecule has 0 heterocycles. The van der Waals surface area contributed by atoms with Crippen molar-refractivity contribution >= 4 is 11.6 Å². The molecule has 0 aliphatic carbocycles. The summed E-state index contributed by atoms with van der Waals surface area (Å²) in [7, 11) is 0. The zero-order chi connectivity index (χ0) is 18.4. The van der Waals surface area contributed by atoms with Gasteiger partial charge in [0, 0.05) is 11.7 Å². The summed E-state index contributed by atoms with van der Waals surface area (Å²) in [6.07, 6.45) is 0.870. The quantitative estimate of drug-likeness (QED) is 0.771. The van der Waals surface area contributed by atoms with Crippen LogP contribution in [0.25, 0.3) is 0 Å². The van der Waals surface area contributed by atoms with E-state index < -0.39 is 0 Å². The van der Waals surface area contributed by atoms with E-state index in [-0.39, 0.29) is 30.2 Å². The minimum atomic E-state index is -0.254. The molecule has 1 amide bonds. The number of carbonyl (C=O) groups is 1. The third kappa shape index (κ3) is 5.13. The summed E-state index contributed by atoms with van der Waals surface area (Å²) in [5, 5.41) is 6.32. The summed E-state index contributed by atoms with van der Waals surface area (Å²) in [4.78, 5) is 12.4. The minimum Gasteiger partial charge on any atom is -0.324 e. The Morgan fingerprint density at radius 3 is 2.40 bits per heavy atom. The highest BCUT2D eigenvalue weighted by molar-refractivity contribution is 5.93. The first-order valence-corrected chi connectivity index (χ1v) is 8.79. The van der Waals surface area contributed by atoms with Gasteiger partial charge in [-0.25, -0.2) is 4.39 Å². The first-order chi connectivity index (χ1) is 11.9. The monoisotopic (exact) mass is 342 g/mol. The molecule has 3 nitrogen and oxygen atoms in total. The second kappa shape index (κ2) is 8.77. The van der Waals surface area contributed by atoms with Gasteiger partial charge in [-0.15, -0.1) is 0 Å². The highest BCUT2D eigenvalue weighted by Gasteiger charge is 2.17. The van der Waals surface area contributed by atoms with Crippen molar-refractivity contribution < 1.29 is 9.18 Å². The number of hydrogen-bond donors (Lipinski definition) is 2. The fourth-order valence-electron chi connectivity index (χ4n) is 3.00. The van der Waals surface area contributed by atoms with Crippen LogP contribution in [0.5, 0.6) is 0 Å². The highest BCUT2D eigenvalue weighted by atomic mass is 19.1. The number of nitrogens with one attached hydrogen (secondary N) is 2. The van der Waals surface area contributed by atoms with Crippen LogP contribution in [0, 0.1) is 18.7 Å². The van der Waals surface area contributed by atoms with E-state index >= 15 is 0 Å². The Kier molecular flexibility index (Phi) is 6.71. The molecule has 0 saturated carbocycles. The van der Waals surface area contributed by atoms with Crippen molar-refractivity contribution in [2.45, 2.75) is 40.2 Å². The van der Waals surface area contributed by atoms with E-state index in [1.165, 1.54) is 12.1 Å². The Labute approximate surface area is 149 Å². The maximum absolute atomic E-state index is 13.1. The van der Waals surface area contributed by atoms with E-state index in [1.807, 2.05) is 25.1 Å². The molecule has 0 radical (unpaired) electrons. The SMILES string of the molecule is CCc1cccc(C)c1NC(=O)CN[C@@H](c1ccc(F)cc1)C(C)C. The van der Waals surface area contributed by atoms with E-state index in [9.17, 15) is 9.18 Å². The van der Waals surface area contributed by atoms with Gasteiger partial charge in [0.1, 0.15) is 5.82 Å². The smallest absolute Gasteiger partial charge is 0.238 e. The average molecular weight is 342 g/mol. The number of carbonyl (C=O) groups excluding carboxylic acids is 1. The second-order valence-corrected chi connectivity index (χ2v) is 6.66. The molecule has 0 unspecified atom stereocenters. The highest BCUT2D eigenvalue weighted by Crippen LogP contribution is 2.23. The zero-order valence-electron chi connectivity index (χ0n) is 15.4. The Hall–Kier alpha value is -2.20. The lowest BCUT2D eigenvalue weighted by molar-refractivity contribution is -0.115. The van der Waals surface area contributed by atoms with Gasteiger partial charge in [0.25, 0.3) is 0 Å². The number of amides is 1. The summed E-state index contributed by atoms with van der Waals surface area (Å²) in [6, 6.07) is 12.5. The van der Waals surface area contributed by atoms with Crippen molar-refractivity contribution in [3.8, 4) is 0 Å². The van der Waals surface area contributed by atoms with Crippen LogP contribution >= 0.6 is 0 Å². The number of aryl methyl sites for hydroxylation is 2. The summed E-state index contributed by atoms with van der Waals surface area (Å²) in [5.41, 5.74) is 4.08. The van der Waals surface area contributed by atoms with E-state index in [0.29, 0.717) is 0 Å². The lowest BCUT2D eigenvalue weighted by Crippen LogP contribution is -2.34. The predicted molar refractivity (Wildman–Crippen MR) is 101 cm³/mol. The summed E-state index contributed by atoms with van der Waals surface area (Å²) in [5.74, 6) is -0.0460. The summed E-state index contributed by atoms with van der Waals surface area (Å²) >= 11 is 0. The predicted octanol–water partition coefficient (Wildman–Crippen LogP) is 4.62. The van der Waals surface area contributed by atoms with Crippen LogP contribution < -0.4 is 10.6 Å². The zero-order valence-corrected chi connectivity index (χ0v) is 15.4. The fraction of sp³-hybridized carbons (Fsp3) is 0.381. The molecule has 4 heteroatoms. The van der Waals surface area contributed by atoms with Crippen LogP contribution in [0.2, 0.25) is 0 Å². The van der Waals surface area contributed by atoms with E-state index in [2.05, 4.69) is 31.4 Å². The van der Waals surface area contributed by atoms with Crippen molar-refractivity contribution in [3.05, 3.63) is 65.0 Å². The standard InChI is InChI=1S/C21H27FN2O/c1-5-16-8-6-7-15(4)21(16)24-19(25)13-23-20(14(2)3)17-9-11-18(22)12-10-17/h6-12,14,20,23H,5,13H2,1-4H3,(H,24,25)/t20-/m1/s1. The van der Waals surface area contributed by atoms with Crippen LogP contribution in [0.15, 0.2) is 42.5 Å². The van der Waals surface area contributed by atoms with E-state index in [4.69, 9.17) is 0 Å². The molecular weight excluding hydrogens is 315 g/mol. The molecule has 2 rings (SSSR count). The number of para-hydroxylation sites is 1. The van der Waals surface area contributed by atoms with E-state index in [1.54, 1.807) is 12.1 Å². The van der Waals surface area contributed by atoms with Crippen molar-refractivity contribution in [1.29, 1.82) is 0 Å². The largest absolute Gasteiger partial charge is 0.324 e. The van der Waals surface area contributed by atoms with Gasteiger partial charge < -0.3 is 10.6 Å². The summed E-state index contributed by atoms with van der Waals surface area (Å²) < 4.78 is 13.1. The number of benzene rings is 2. The molecule has 134 valence electrons. The first kappa shape index (κ1) is 19.1. The Morgan fingerprint density at radius 1 is 1.12 bits per heavy atom.